The molecule has 1 atom stereocenters. The fourth-order valence-corrected chi connectivity index (χ4v) is 1.93. The highest BCUT2D eigenvalue weighted by Gasteiger charge is 2.15. The van der Waals surface area contributed by atoms with Gasteiger partial charge in [-0.15, -0.1) is 0 Å². The summed E-state index contributed by atoms with van der Waals surface area (Å²) >= 11 is 0. The van der Waals surface area contributed by atoms with Crippen LogP contribution in [0.5, 0.6) is 5.75 Å². The van der Waals surface area contributed by atoms with E-state index in [0.717, 1.165) is 19.3 Å². The van der Waals surface area contributed by atoms with E-state index in [9.17, 15) is 9.90 Å². The second kappa shape index (κ2) is 5.48. The molecule has 0 aliphatic heterocycles. The van der Waals surface area contributed by atoms with Gasteiger partial charge in [-0.3, -0.25) is 4.79 Å². The van der Waals surface area contributed by atoms with Gasteiger partial charge in [0.25, 0.3) is 5.91 Å². The first-order valence-corrected chi connectivity index (χ1v) is 5.84. The second-order valence-electron chi connectivity index (χ2n) is 4.23. The van der Waals surface area contributed by atoms with E-state index in [1.54, 1.807) is 6.07 Å². The normalized spacial score (nSPS) is 18.9. The van der Waals surface area contributed by atoms with Crippen LogP contribution in [0.4, 0.5) is 0 Å². The van der Waals surface area contributed by atoms with Gasteiger partial charge in [0.15, 0.2) is 5.69 Å². The quantitative estimate of drug-likeness (QED) is 0.782. The summed E-state index contributed by atoms with van der Waals surface area (Å²) in [4.78, 5) is 15.6. The molecule has 0 bridgehead atoms. The predicted molar refractivity (Wildman–Crippen MR) is 64.7 cm³/mol. The summed E-state index contributed by atoms with van der Waals surface area (Å²) in [6, 6.07) is 3.06. The lowest BCUT2D eigenvalue weighted by molar-refractivity contribution is 0.0938. The third-order valence-electron chi connectivity index (χ3n) is 2.93. The van der Waals surface area contributed by atoms with Gasteiger partial charge in [-0.25, -0.2) is 4.98 Å². The maximum Gasteiger partial charge on any atom is 0.273 e. The van der Waals surface area contributed by atoms with Crippen molar-refractivity contribution >= 4 is 5.91 Å². The Morgan fingerprint density at radius 1 is 1.53 bits per heavy atom. The second-order valence-corrected chi connectivity index (χ2v) is 4.23. The zero-order chi connectivity index (χ0) is 12.1. The Labute approximate surface area is 100 Å². The van der Waals surface area contributed by atoms with E-state index < -0.39 is 0 Å². The zero-order valence-corrected chi connectivity index (χ0v) is 9.60. The summed E-state index contributed by atoms with van der Waals surface area (Å²) in [5.74, 6) is 0.112. The van der Waals surface area contributed by atoms with E-state index in [1.807, 2.05) is 0 Å². The molecule has 1 unspecified atom stereocenters. The van der Waals surface area contributed by atoms with Gasteiger partial charge in [0, 0.05) is 12.7 Å². The number of allylic oxidation sites excluding steroid dienone is 2. The molecule has 17 heavy (non-hydrogen) atoms. The van der Waals surface area contributed by atoms with Crippen molar-refractivity contribution in [2.24, 2.45) is 5.92 Å². The number of amides is 1. The van der Waals surface area contributed by atoms with Crippen molar-refractivity contribution < 1.29 is 9.90 Å². The van der Waals surface area contributed by atoms with E-state index >= 15 is 0 Å². The summed E-state index contributed by atoms with van der Waals surface area (Å²) in [7, 11) is 0. The topological polar surface area (TPSA) is 62.2 Å². The molecule has 1 heterocycles. The average molecular weight is 232 g/mol. The first kappa shape index (κ1) is 11.6. The Bertz CT molecular complexity index is 429. The van der Waals surface area contributed by atoms with Crippen LogP contribution in [0.15, 0.2) is 30.5 Å². The van der Waals surface area contributed by atoms with Gasteiger partial charge in [-0.2, -0.15) is 0 Å². The molecule has 1 aromatic rings. The highest BCUT2D eigenvalue weighted by molar-refractivity contribution is 5.94. The molecule has 1 aliphatic rings. The average Bonchev–Trinajstić information content (AvgIpc) is 2.38. The molecular weight excluding hydrogens is 216 g/mol. The lowest BCUT2D eigenvalue weighted by atomic mass is 9.94. The first-order chi connectivity index (χ1) is 8.27. The molecule has 0 radical (unpaired) electrons. The van der Waals surface area contributed by atoms with Crippen LogP contribution in [-0.2, 0) is 0 Å². The minimum atomic E-state index is -0.308. The molecule has 1 aliphatic carbocycles. The van der Waals surface area contributed by atoms with Gasteiger partial charge in [0.05, 0.1) is 0 Å². The molecule has 4 nitrogen and oxygen atoms in total. The smallest absolute Gasteiger partial charge is 0.273 e. The predicted octanol–water partition coefficient (Wildman–Crippen LogP) is 1.87. The van der Waals surface area contributed by atoms with Crippen LogP contribution in [0.2, 0.25) is 0 Å². The number of aromatic nitrogens is 1. The summed E-state index contributed by atoms with van der Waals surface area (Å²) in [6.45, 7) is 0.638. The summed E-state index contributed by atoms with van der Waals surface area (Å²) in [5.41, 5.74) is 0.0962. The minimum absolute atomic E-state index is 0.0754. The Kier molecular flexibility index (Phi) is 3.75. The van der Waals surface area contributed by atoms with Gasteiger partial charge in [0.2, 0.25) is 0 Å². The molecular formula is C13H16N2O2. The van der Waals surface area contributed by atoms with Crippen molar-refractivity contribution in [3.63, 3.8) is 0 Å². The monoisotopic (exact) mass is 232 g/mol. The molecule has 4 heteroatoms. The maximum atomic E-state index is 11.8. The minimum Gasteiger partial charge on any atom is -0.505 e. The molecule has 0 saturated carbocycles. The van der Waals surface area contributed by atoms with Gasteiger partial charge in [0.1, 0.15) is 5.75 Å². The van der Waals surface area contributed by atoms with Crippen molar-refractivity contribution in [2.45, 2.75) is 19.3 Å². The van der Waals surface area contributed by atoms with Gasteiger partial charge in [-0.05, 0) is 37.3 Å². The number of aromatic hydroxyl groups is 1. The van der Waals surface area contributed by atoms with E-state index in [2.05, 4.69) is 22.5 Å². The molecule has 2 rings (SSSR count). The van der Waals surface area contributed by atoms with Crippen LogP contribution in [0, 0.1) is 5.92 Å². The molecule has 1 aromatic heterocycles. The number of nitrogens with one attached hydrogen (secondary N) is 1. The Hall–Kier alpha value is -1.84. The zero-order valence-electron chi connectivity index (χ0n) is 9.60. The van der Waals surface area contributed by atoms with E-state index in [1.165, 1.54) is 12.3 Å². The van der Waals surface area contributed by atoms with Gasteiger partial charge < -0.3 is 10.4 Å². The molecule has 1 amide bonds. The lowest BCUT2D eigenvalue weighted by Gasteiger charge is -2.17. The highest BCUT2D eigenvalue weighted by atomic mass is 16.3. The third-order valence-corrected chi connectivity index (χ3v) is 2.93. The summed E-state index contributed by atoms with van der Waals surface area (Å²) < 4.78 is 0. The van der Waals surface area contributed by atoms with E-state index in [4.69, 9.17) is 0 Å². The van der Waals surface area contributed by atoms with E-state index in [-0.39, 0.29) is 17.4 Å². The van der Waals surface area contributed by atoms with Gasteiger partial charge >= 0.3 is 0 Å². The van der Waals surface area contributed by atoms with E-state index in [0.29, 0.717) is 12.5 Å². The summed E-state index contributed by atoms with van der Waals surface area (Å²) in [5, 5.41) is 12.3. The number of carbonyl (C=O) groups excluding carboxylic acids is 1. The van der Waals surface area contributed by atoms with Crippen molar-refractivity contribution in [1.82, 2.24) is 10.3 Å². The number of nitrogens with zero attached hydrogens (tertiary/aromatic N) is 1. The van der Waals surface area contributed by atoms with Crippen molar-refractivity contribution in [3.05, 3.63) is 36.2 Å². The molecule has 0 saturated heterocycles. The van der Waals surface area contributed by atoms with Gasteiger partial charge in [-0.1, -0.05) is 12.2 Å². The first-order valence-electron chi connectivity index (χ1n) is 5.84. The molecule has 0 fully saturated rings. The number of hydrogen-bond acceptors (Lipinski definition) is 3. The van der Waals surface area contributed by atoms with Crippen LogP contribution < -0.4 is 5.32 Å². The maximum absolute atomic E-state index is 11.8. The number of hydrogen-bond donors (Lipinski definition) is 2. The largest absolute Gasteiger partial charge is 0.505 e. The van der Waals surface area contributed by atoms with Crippen molar-refractivity contribution in [1.29, 1.82) is 0 Å². The Morgan fingerprint density at radius 2 is 2.41 bits per heavy atom. The molecule has 0 spiro atoms. The number of pyridine rings is 1. The Balaban J connectivity index is 1.89. The van der Waals surface area contributed by atoms with Crippen LogP contribution in [0.3, 0.4) is 0 Å². The fourth-order valence-electron chi connectivity index (χ4n) is 1.93. The molecule has 0 aromatic carbocycles. The van der Waals surface area contributed by atoms with Crippen molar-refractivity contribution in [2.75, 3.05) is 6.54 Å². The van der Waals surface area contributed by atoms with Crippen LogP contribution >= 0.6 is 0 Å². The summed E-state index contributed by atoms with van der Waals surface area (Å²) in [6.07, 6.45) is 9.01. The Morgan fingerprint density at radius 3 is 3.12 bits per heavy atom. The van der Waals surface area contributed by atoms with Crippen LogP contribution in [0.25, 0.3) is 0 Å². The molecule has 2 N–H and O–H groups in total. The van der Waals surface area contributed by atoms with Crippen LogP contribution in [-0.4, -0.2) is 22.5 Å². The van der Waals surface area contributed by atoms with Crippen LogP contribution in [0.1, 0.15) is 29.8 Å². The number of carbonyl (C=O) groups is 1. The number of rotatable bonds is 3. The van der Waals surface area contributed by atoms with Crippen molar-refractivity contribution in [3.8, 4) is 5.75 Å². The lowest BCUT2D eigenvalue weighted by Crippen LogP contribution is -2.30. The molecule has 90 valence electrons. The third kappa shape index (κ3) is 3.06. The highest BCUT2D eigenvalue weighted by Crippen LogP contribution is 2.17. The fraction of sp³-hybridized carbons (Fsp3) is 0.385. The SMILES string of the molecule is O=C(NCC1CC=CCC1)c1ncccc1O. The standard InChI is InChI=1S/C13H16N2O2/c16-11-7-4-8-14-12(11)13(17)15-9-10-5-2-1-3-6-10/h1-2,4,7-8,10,16H,3,5-6,9H2,(H,15,17).